The van der Waals surface area contributed by atoms with Crippen LogP contribution in [0.5, 0.6) is 23.0 Å². The SMILES string of the molecule is COc1cc2nc(N3CCN(C(=O)c4ccc(NC(=O)CCCC(=O)Nc5ccc(C(=O)N6CCN(c7nc(N)c8cc(OC)c(OC)cc8n7)CC6)cc5)cc4)CC3)nc(N)c2cc1OC. The van der Waals surface area contributed by atoms with Gasteiger partial charge in [-0.15, -0.1) is 0 Å². The number of carbonyl (C=O) groups is 4. The maximum absolute atomic E-state index is 13.4. The first-order chi connectivity index (χ1) is 32.4. The van der Waals surface area contributed by atoms with E-state index >= 15 is 0 Å². The van der Waals surface area contributed by atoms with Crippen LogP contribution in [0.4, 0.5) is 34.9 Å². The largest absolute Gasteiger partial charge is 0.493 e. The molecule has 2 aliphatic heterocycles. The van der Waals surface area contributed by atoms with Crippen LogP contribution >= 0.6 is 0 Å². The maximum Gasteiger partial charge on any atom is 0.253 e. The minimum absolute atomic E-state index is 0.123. The summed E-state index contributed by atoms with van der Waals surface area (Å²) in [6, 6.07) is 20.5. The van der Waals surface area contributed by atoms with Crippen LogP contribution < -0.4 is 50.8 Å². The minimum Gasteiger partial charge on any atom is -0.493 e. The summed E-state index contributed by atoms with van der Waals surface area (Å²) < 4.78 is 21.6. The zero-order valence-electron chi connectivity index (χ0n) is 37.7. The summed E-state index contributed by atoms with van der Waals surface area (Å²) in [5.41, 5.74) is 15.9. The van der Waals surface area contributed by atoms with Gasteiger partial charge in [-0.1, -0.05) is 0 Å². The van der Waals surface area contributed by atoms with Gasteiger partial charge in [0.05, 0.1) is 39.5 Å². The molecule has 4 amide bonds. The fourth-order valence-corrected chi connectivity index (χ4v) is 8.05. The van der Waals surface area contributed by atoms with Gasteiger partial charge in [-0.3, -0.25) is 19.2 Å². The summed E-state index contributed by atoms with van der Waals surface area (Å²) in [4.78, 5) is 78.2. The van der Waals surface area contributed by atoms with Crippen molar-refractivity contribution in [1.29, 1.82) is 0 Å². The fraction of sp³-hybridized carbons (Fsp3) is 0.319. The van der Waals surface area contributed by atoms with Crippen LogP contribution in [-0.4, -0.2) is 134 Å². The number of fused-ring (bicyclic) bond motifs is 2. The van der Waals surface area contributed by atoms with E-state index in [1.165, 1.54) is 0 Å². The van der Waals surface area contributed by atoms with E-state index in [4.69, 9.17) is 40.4 Å². The molecule has 8 rings (SSSR count). The first kappa shape index (κ1) is 45.4. The Morgan fingerprint density at radius 3 is 1.19 bits per heavy atom. The van der Waals surface area contributed by atoms with E-state index in [-0.39, 0.29) is 36.5 Å². The molecule has 0 radical (unpaired) electrons. The van der Waals surface area contributed by atoms with Crippen molar-refractivity contribution in [2.75, 3.05) is 113 Å². The van der Waals surface area contributed by atoms with Crippen molar-refractivity contribution in [3.05, 3.63) is 83.9 Å². The van der Waals surface area contributed by atoms with Crippen LogP contribution in [0.15, 0.2) is 72.8 Å². The van der Waals surface area contributed by atoms with Crippen molar-refractivity contribution < 1.29 is 38.1 Å². The number of hydrogen-bond donors (Lipinski definition) is 4. The lowest BCUT2D eigenvalue weighted by Gasteiger charge is -2.35. The van der Waals surface area contributed by atoms with Gasteiger partial charge in [0.25, 0.3) is 11.8 Å². The van der Waals surface area contributed by atoms with Gasteiger partial charge in [0, 0.05) is 111 Å². The Kier molecular flexibility index (Phi) is 13.5. The van der Waals surface area contributed by atoms with Gasteiger partial charge in [0.2, 0.25) is 23.7 Å². The normalized spacial score (nSPS) is 13.9. The number of rotatable bonds is 14. The number of methoxy groups -OCH3 is 4. The highest BCUT2D eigenvalue weighted by molar-refractivity contribution is 5.98. The second-order valence-electron chi connectivity index (χ2n) is 15.9. The third-order valence-corrected chi connectivity index (χ3v) is 11.8. The Hall–Kier alpha value is -8.16. The molecular weight excluding hydrogens is 861 g/mol. The maximum atomic E-state index is 13.4. The number of amides is 4. The number of hydrogen-bond acceptors (Lipinski definition) is 16. The number of carbonyl (C=O) groups excluding carboxylic acids is 4. The number of nitrogens with two attached hydrogens (primary N) is 2. The van der Waals surface area contributed by atoms with Crippen LogP contribution in [-0.2, 0) is 9.59 Å². The monoisotopic (exact) mass is 912 g/mol. The number of piperazine rings is 2. The fourth-order valence-electron chi connectivity index (χ4n) is 8.05. The second-order valence-corrected chi connectivity index (χ2v) is 15.9. The van der Waals surface area contributed by atoms with Crippen LogP contribution in [0.3, 0.4) is 0 Å². The summed E-state index contributed by atoms with van der Waals surface area (Å²) >= 11 is 0. The third-order valence-electron chi connectivity index (χ3n) is 11.8. The number of ether oxygens (including phenoxy) is 4. The molecule has 2 aromatic heterocycles. The highest BCUT2D eigenvalue weighted by atomic mass is 16.5. The van der Waals surface area contributed by atoms with Crippen molar-refractivity contribution in [3.8, 4) is 23.0 Å². The van der Waals surface area contributed by atoms with Crippen molar-refractivity contribution in [1.82, 2.24) is 29.7 Å². The Labute approximate surface area is 386 Å². The van der Waals surface area contributed by atoms with Gasteiger partial charge in [0.1, 0.15) is 11.6 Å². The molecule has 6 N–H and O–H groups in total. The molecule has 4 heterocycles. The summed E-state index contributed by atoms with van der Waals surface area (Å²) in [6.07, 6.45) is 0.567. The van der Waals surface area contributed by atoms with E-state index in [0.29, 0.717) is 150 Å². The molecule has 0 aliphatic carbocycles. The molecule has 6 aromatic rings. The molecule has 4 aromatic carbocycles. The van der Waals surface area contributed by atoms with Gasteiger partial charge in [-0.25, -0.2) is 9.97 Å². The first-order valence-electron chi connectivity index (χ1n) is 21.7. The lowest BCUT2D eigenvalue weighted by atomic mass is 10.1. The summed E-state index contributed by atoms with van der Waals surface area (Å²) in [7, 11) is 6.22. The third kappa shape index (κ3) is 10.1. The van der Waals surface area contributed by atoms with Crippen molar-refractivity contribution in [2.24, 2.45) is 0 Å². The lowest BCUT2D eigenvalue weighted by molar-refractivity contribution is -0.117. The molecule has 0 unspecified atom stereocenters. The standard InChI is InChI=1S/C47H52N12O8/c1-64-36-24-32-34(26-38(36)66-3)52-46(54-42(32)48)58-20-16-56(17-21-58)44(62)28-8-12-30(13-9-28)50-40(60)6-5-7-41(61)51-31-14-10-29(11-15-31)45(63)57-18-22-59(23-19-57)47-53-35-27-39(67-4)37(65-2)25-33(35)43(49)55-47/h8-15,24-27H,5-7,16-23H2,1-4H3,(H,50,60)(H,51,61)(H2,48,52,54)(H2,49,53,55). The molecule has 2 saturated heterocycles. The quantitative estimate of drug-likeness (QED) is 0.118. The topological polar surface area (TPSA) is 246 Å². The molecule has 67 heavy (non-hydrogen) atoms. The lowest BCUT2D eigenvalue weighted by Crippen LogP contribution is -2.49. The smallest absolute Gasteiger partial charge is 0.253 e. The Balaban J connectivity index is 0.744. The Morgan fingerprint density at radius 2 is 0.851 bits per heavy atom. The molecule has 2 aliphatic rings. The molecule has 2 fully saturated rings. The number of nitrogen functional groups attached to an aromatic ring is 2. The summed E-state index contributed by atoms with van der Waals surface area (Å²) in [5.74, 6) is 2.96. The van der Waals surface area contributed by atoms with Crippen LogP contribution in [0.2, 0.25) is 0 Å². The van der Waals surface area contributed by atoms with Gasteiger partial charge in [0.15, 0.2) is 23.0 Å². The summed E-state index contributed by atoms with van der Waals surface area (Å²) in [5, 5.41) is 6.99. The van der Waals surface area contributed by atoms with E-state index < -0.39 is 0 Å². The van der Waals surface area contributed by atoms with E-state index in [1.807, 2.05) is 9.80 Å². The van der Waals surface area contributed by atoms with E-state index in [1.54, 1.807) is 111 Å². The van der Waals surface area contributed by atoms with E-state index in [0.717, 1.165) is 0 Å². The molecule has 348 valence electrons. The average Bonchev–Trinajstić information content (AvgIpc) is 3.35. The van der Waals surface area contributed by atoms with Gasteiger partial charge in [-0.2, -0.15) is 9.97 Å². The van der Waals surface area contributed by atoms with E-state index in [2.05, 4.69) is 20.6 Å². The first-order valence-corrected chi connectivity index (χ1v) is 21.7. The Bertz CT molecular complexity index is 2620. The second kappa shape index (κ2) is 19.9. The molecular formula is C47H52N12O8. The van der Waals surface area contributed by atoms with Crippen LogP contribution in [0.25, 0.3) is 21.8 Å². The van der Waals surface area contributed by atoms with Crippen LogP contribution in [0, 0.1) is 0 Å². The van der Waals surface area contributed by atoms with Crippen LogP contribution in [0.1, 0.15) is 40.0 Å². The van der Waals surface area contributed by atoms with Gasteiger partial charge >= 0.3 is 0 Å². The van der Waals surface area contributed by atoms with Crippen molar-refractivity contribution in [2.45, 2.75) is 19.3 Å². The molecule has 0 bridgehead atoms. The van der Waals surface area contributed by atoms with Gasteiger partial charge < -0.3 is 60.6 Å². The molecule has 0 spiro atoms. The zero-order chi connectivity index (χ0) is 47.2. The summed E-state index contributed by atoms with van der Waals surface area (Å²) in [6.45, 7) is 3.88. The predicted octanol–water partition coefficient (Wildman–Crippen LogP) is 4.44. The predicted molar refractivity (Wildman–Crippen MR) is 254 cm³/mol. The van der Waals surface area contributed by atoms with Crippen molar-refractivity contribution in [3.63, 3.8) is 0 Å². The number of nitrogens with zero attached hydrogens (tertiary/aromatic N) is 8. The molecule has 0 saturated carbocycles. The number of aromatic nitrogens is 4. The number of benzene rings is 4. The zero-order valence-corrected chi connectivity index (χ0v) is 37.7. The minimum atomic E-state index is -0.253. The Morgan fingerprint density at radius 1 is 0.507 bits per heavy atom. The van der Waals surface area contributed by atoms with Crippen molar-refractivity contribution >= 4 is 80.3 Å². The van der Waals surface area contributed by atoms with E-state index in [9.17, 15) is 19.2 Å². The molecule has 0 atom stereocenters. The highest BCUT2D eigenvalue weighted by Gasteiger charge is 2.27. The number of nitrogens with one attached hydrogen (secondary N) is 2. The molecule has 20 heteroatoms. The highest BCUT2D eigenvalue weighted by Crippen LogP contribution is 2.36. The van der Waals surface area contributed by atoms with Gasteiger partial charge in [-0.05, 0) is 67.1 Å². The molecule has 20 nitrogen and oxygen atoms in total. The number of anilines is 6. The average molecular weight is 913 g/mol.